The van der Waals surface area contributed by atoms with Gasteiger partial charge in [0.25, 0.3) is 5.91 Å². The summed E-state index contributed by atoms with van der Waals surface area (Å²) in [6.07, 6.45) is 2.68. The van der Waals surface area contributed by atoms with Crippen molar-refractivity contribution in [1.82, 2.24) is 10.6 Å². The molecule has 1 atom stereocenters. The van der Waals surface area contributed by atoms with Crippen LogP contribution in [0.25, 0.3) is 0 Å². The Labute approximate surface area is 137 Å². The third-order valence-corrected chi connectivity index (χ3v) is 3.38. The molecule has 122 valence electrons. The maximum Gasteiger partial charge on any atom is 0.261 e. The van der Waals surface area contributed by atoms with Crippen LogP contribution in [-0.2, 0) is 0 Å². The number of aliphatic hydroxyl groups excluding tert-OH is 1. The van der Waals surface area contributed by atoms with E-state index in [1.165, 1.54) is 0 Å². The average molecular weight is 324 g/mol. The first-order valence-corrected chi connectivity index (χ1v) is 7.97. The largest absolute Gasteiger partial charge is 0.493 e. The zero-order valence-corrected chi connectivity index (χ0v) is 13.9. The molecule has 1 aromatic carbocycles. The summed E-state index contributed by atoms with van der Waals surface area (Å²) in [6, 6.07) is 6.91. The number of hydrogen-bond acceptors (Lipinski definition) is 4. The SMILES string of the molecule is CCCCOc1ccccc1C(=O)NC(=S)NC(CC)CO. The lowest BCUT2D eigenvalue weighted by Gasteiger charge is -2.17. The predicted molar refractivity (Wildman–Crippen MR) is 91.2 cm³/mol. The van der Waals surface area contributed by atoms with E-state index in [1.807, 2.05) is 13.0 Å². The molecule has 1 rings (SSSR count). The van der Waals surface area contributed by atoms with Crippen LogP contribution in [0.4, 0.5) is 0 Å². The number of carbonyl (C=O) groups excluding carboxylic acids is 1. The van der Waals surface area contributed by atoms with Gasteiger partial charge >= 0.3 is 0 Å². The first-order valence-electron chi connectivity index (χ1n) is 7.56. The smallest absolute Gasteiger partial charge is 0.261 e. The summed E-state index contributed by atoms with van der Waals surface area (Å²) in [4.78, 5) is 12.3. The maximum atomic E-state index is 12.3. The Balaban J connectivity index is 2.66. The van der Waals surface area contributed by atoms with Gasteiger partial charge in [-0.2, -0.15) is 0 Å². The van der Waals surface area contributed by atoms with Crippen molar-refractivity contribution in [3.05, 3.63) is 29.8 Å². The Morgan fingerprint density at radius 1 is 1.36 bits per heavy atom. The Bertz CT molecular complexity index is 490. The van der Waals surface area contributed by atoms with Gasteiger partial charge in [0.15, 0.2) is 5.11 Å². The highest BCUT2D eigenvalue weighted by Crippen LogP contribution is 2.18. The third kappa shape index (κ3) is 5.99. The van der Waals surface area contributed by atoms with Crippen molar-refractivity contribution in [1.29, 1.82) is 0 Å². The summed E-state index contributed by atoms with van der Waals surface area (Å²) in [5.74, 6) is 0.225. The van der Waals surface area contributed by atoms with E-state index in [0.29, 0.717) is 24.3 Å². The lowest BCUT2D eigenvalue weighted by atomic mass is 10.2. The van der Waals surface area contributed by atoms with Gasteiger partial charge in [0, 0.05) is 0 Å². The Hall–Kier alpha value is -1.66. The average Bonchev–Trinajstić information content (AvgIpc) is 2.53. The second-order valence-corrected chi connectivity index (χ2v) is 5.32. The van der Waals surface area contributed by atoms with Crippen molar-refractivity contribution in [3.63, 3.8) is 0 Å². The normalized spacial score (nSPS) is 11.6. The fourth-order valence-electron chi connectivity index (χ4n) is 1.78. The van der Waals surface area contributed by atoms with Crippen LogP contribution < -0.4 is 15.4 Å². The highest BCUT2D eigenvalue weighted by atomic mass is 32.1. The minimum atomic E-state index is -0.322. The topological polar surface area (TPSA) is 70.6 Å². The monoisotopic (exact) mass is 324 g/mol. The molecule has 0 heterocycles. The molecular formula is C16H24N2O3S. The Kier molecular flexibility index (Phi) is 8.47. The van der Waals surface area contributed by atoms with Crippen molar-refractivity contribution in [2.75, 3.05) is 13.2 Å². The number of benzene rings is 1. The van der Waals surface area contributed by atoms with Crippen LogP contribution in [0.1, 0.15) is 43.5 Å². The number of hydrogen-bond donors (Lipinski definition) is 3. The predicted octanol–water partition coefficient (Wildman–Crippen LogP) is 2.24. The van der Waals surface area contributed by atoms with Gasteiger partial charge in [0.2, 0.25) is 0 Å². The van der Waals surface area contributed by atoms with Gasteiger partial charge in [0.1, 0.15) is 5.75 Å². The number of para-hydroxylation sites is 1. The first-order chi connectivity index (χ1) is 10.6. The van der Waals surface area contributed by atoms with Crippen molar-refractivity contribution >= 4 is 23.2 Å². The van der Waals surface area contributed by atoms with E-state index in [9.17, 15) is 4.79 Å². The van der Waals surface area contributed by atoms with Gasteiger partial charge < -0.3 is 15.2 Å². The van der Waals surface area contributed by atoms with E-state index in [4.69, 9.17) is 22.1 Å². The molecule has 0 bridgehead atoms. The van der Waals surface area contributed by atoms with Gasteiger partial charge in [0.05, 0.1) is 24.8 Å². The van der Waals surface area contributed by atoms with Crippen LogP contribution in [0.5, 0.6) is 5.75 Å². The lowest BCUT2D eigenvalue weighted by molar-refractivity contribution is 0.0972. The number of carbonyl (C=O) groups is 1. The molecule has 0 aliphatic heterocycles. The zero-order chi connectivity index (χ0) is 16.4. The quantitative estimate of drug-likeness (QED) is 0.505. The molecule has 6 heteroatoms. The van der Waals surface area contributed by atoms with Crippen LogP contribution >= 0.6 is 12.2 Å². The number of unbranched alkanes of at least 4 members (excludes halogenated alkanes) is 1. The molecule has 0 aliphatic rings. The number of nitrogens with one attached hydrogen (secondary N) is 2. The number of aliphatic hydroxyl groups is 1. The van der Waals surface area contributed by atoms with Crippen LogP contribution in [0.3, 0.4) is 0 Å². The fourth-order valence-corrected chi connectivity index (χ4v) is 2.03. The zero-order valence-electron chi connectivity index (χ0n) is 13.1. The van der Waals surface area contributed by atoms with E-state index in [2.05, 4.69) is 17.6 Å². The lowest BCUT2D eigenvalue weighted by Crippen LogP contribution is -2.45. The summed E-state index contributed by atoms with van der Waals surface area (Å²) >= 11 is 5.09. The van der Waals surface area contributed by atoms with E-state index in [0.717, 1.165) is 12.8 Å². The minimum Gasteiger partial charge on any atom is -0.493 e. The van der Waals surface area contributed by atoms with Crippen molar-refractivity contribution in [2.45, 2.75) is 39.2 Å². The molecule has 5 nitrogen and oxygen atoms in total. The van der Waals surface area contributed by atoms with E-state index in [1.54, 1.807) is 18.2 Å². The number of ether oxygens (including phenoxy) is 1. The number of rotatable bonds is 8. The van der Waals surface area contributed by atoms with E-state index in [-0.39, 0.29) is 23.7 Å². The van der Waals surface area contributed by atoms with Gasteiger partial charge in [-0.15, -0.1) is 0 Å². The molecule has 0 saturated carbocycles. The molecule has 0 aromatic heterocycles. The molecule has 3 N–H and O–H groups in total. The summed E-state index contributed by atoms with van der Waals surface area (Å²) in [7, 11) is 0. The van der Waals surface area contributed by atoms with Crippen LogP contribution in [-0.4, -0.2) is 35.4 Å². The Morgan fingerprint density at radius 3 is 2.73 bits per heavy atom. The molecule has 0 saturated heterocycles. The second-order valence-electron chi connectivity index (χ2n) is 4.91. The summed E-state index contributed by atoms with van der Waals surface area (Å²) in [5.41, 5.74) is 0.444. The molecular weight excluding hydrogens is 300 g/mol. The molecule has 22 heavy (non-hydrogen) atoms. The second kappa shape index (κ2) is 10.1. The standard InChI is InChI=1S/C16H24N2O3S/c1-3-5-10-21-14-9-7-6-8-13(14)15(20)18-16(22)17-12(4-2)11-19/h6-9,12,19H,3-5,10-11H2,1-2H3,(H2,17,18,20,22). The van der Waals surface area contributed by atoms with Gasteiger partial charge in [-0.25, -0.2) is 0 Å². The highest BCUT2D eigenvalue weighted by molar-refractivity contribution is 7.80. The van der Waals surface area contributed by atoms with E-state index < -0.39 is 0 Å². The van der Waals surface area contributed by atoms with Crippen LogP contribution in [0, 0.1) is 0 Å². The summed E-state index contributed by atoms with van der Waals surface area (Å²) < 4.78 is 5.64. The van der Waals surface area contributed by atoms with Crippen LogP contribution in [0.15, 0.2) is 24.3 Å². The maximum absolute atomic E-state index is 12.3. The minimum absolute atomic E-state index is 0.0385. The molecule has 0 aliphatic carbocycles. The molecule has 1 amide bonds. The van der Waals surface area contributed by atoms with E-state index >= 15 is 0 Å². The number of thiocarbonyl (C=S) groups is 1. The first kappa shape index (κ1) is 18.4. The fraction of sp³-hybridized carbons (Fsp3) is 0.500. The summed E-state index contributed by atoms with van der Waals surface area (Å²) in [5, 5.41) is 14.9. The van der Waals surface area contributed by atoms with Gasteiger partial charge in [-0.05, 0) is 37.2 Å². The van der Waals surface area contributed by atoms with Gasteiger partial charge in [-0.3, -0.25) is 10.1 Å². The number of amides is 1. The molecule has 1 aromatic rings. The van der Waals surface area contributed by atoms with Gasteiger partial charge in [-0.1, -0.05) is 32.4 Å². The molecule has 1 unspecified atom stereocenters. The Morgan fingerprint density at radius 2 is 2.09 bits per heavy atom. The van der Waals surface area contributed by atoms with Crippen molar-refractivity contribution in [3.8, 4) is 5.75 Å². The molecule has 0 spiro atoms. The molecule has 0 fully saturated rings. The molecule has 0 radical (unpaired) electrons. The van der Waals surface area contributed by atoms with Crippen molar-refractivity contribution in [2.24, 2.45) is 0 Å². The highest BCUT2D eigenvalue weighted by Gasteiger charge is 2.14. The van der Waals surface area contributed by atoms with Crippen LogP contribution in [0.2, 0.25) is 0 Å². The summed E-state index contributed by atoms with van der Waals surface area (Å²) in [6.45, 7) is 4.54. The third-order valence-electron chi connectivity index (χ3n) is 3.16. The van der Waals surface area contributed by atoms with Crippen molar-refractivity contribution < 1.29 is 14.6 Å².